The van der Waals surface area contributed by atoms with Crippen LogP contribution in [0, 0.1) is 13.8 Å². The Hall–Kier alpha value is -0.340. The standard InChI is InChI=1S/C13H18BrN/c1-10-7-12(8-11(2)13(10)14)9-15-5-3-4-6-15/h7-8H,3-6,9H2,1-2H3. The number of nitrogens with zero attached hydrogens (tertiary/aromatic N) is 1. The number of aryl methyl sites for hydroxylation is 2. The van der Waals surface area contributed by atoms with Gasteiger partial charge in [-0.05, 0) is 56.5 Å². The summed E-state index contributed by atoms with van der Waals surface area (Å²) in [5.74, 6) is 0. The highest BCUT2D eigenvalue weighted by atomic mass is 79.9. The second kappa shape index (κ2) is 4.67. The largest absolute Gasteiger partial charge is 0.299 e. The Kier molecular flexibility index (Phi) is 3.47. The molecule has 0 saturated carbocycles. The Labute approximate surface area is 101 Å². The summed E-state index contributed by atoms with van der Waals surface area (Å²) in [5, 5.41) is 0. The number of hydrogen-bond acceptors (Lipinski definition) is 1. The summed E-state index contributed by atoms with van der Waals surface area (Å²) in [6, 6.07) is 4.60. The van der Waals surface area contributed by atoms with Crippen LogP contribution in [0.1, 0.15) is 29.5 Å². The molecule has 0 bridgehead atoms. The quantitative estimate of drug-likeness (QED) is 0.791. The van der Waals surface area contributed by atoms with Gasteiger partial charge in [-0.25, -0.2) is 0 Å². The van der Waals surface area contributed by atoms with Gasteiger partial charge in [0.2, 0.25) is 0 Å². The van der Waals surface area contributed by atoms with Crippen molar-refractivity contribution in [3.8, 4) is 0 Å². The molecule has 0 radical (unpaired) electrons. The molecular formula is C13H18BrN. The average molecular weight is 268 g/mol. The summed E-state index contributed by atoms with van der Waals surface area (Å²) >= 11 is 3.61. The molecule has 0 aliphatic carbocycles. The summed E-state index contributed by atoms with van der Waals surface area (Å²) in [7, 11) is 0. The first-order valence-electron chi connectivity index (χ1n) is 5.65. The third-order valence-electron chi connectivity index (χ3n) is 3.10. The van der Waals surface area contributed by atoms with E-state index < -0.39 is 0 Å². The van der Waals surface area contributed by atoms with Crippen molar-refractivity contribution in [2.45, 2.75) is 33.2 Å². The minimum Gasteiger partial charge on any atom is -0.299 e. The molecule has 1 nitrogen and oxygen atoms in total. The van der Waals surface area contributed by atoms with Gasteiger partial charge in [0.05, 0.1) is 0 Å². The minimum atomic E-state index is 1.12. The maximum Gasteiger partial charge on any atom is 0.0233 e. The smallest absolute Gasteiger partial charge is 0.0233 e. The van der Waals surface area contributed by atoms with Crippen LogP contribution in [0.15, 0.2) is 16.6 Å². The molecule has 1 aromatic rings. The molecule has 0 spiro atoms. The Morgan fingerprint density at radius 1 is 1.13 bits per heavy atom. The van der Waals surface area contributed by atoms with Crippen molar-refractivity contribution in [2.24, 2.45) is 0 Å². The van der Waals surface area contributed by atoms with E-state index in [0.29, 0.717) is 0 Å². The summed E-state index contributed by atoms with van der Waals surface area (Å²) < 4.78 is 1.26. The molecule has 2 heteroatoms. The lowest BCUT2D eigenvalue weighted by atomic mass is 10.1. The number of likely N-dealkylation sites (tertiary alicyclic amines) is 1. The van der Waals surface area contributed by atoms with Gasteiger partial charge in [0.1, 0.15) is 0 Å². The topological polar surface area (TPSA) is 3.24 Å². The van der Waals surface area contributed by atoms with E-state index >= 15 is 0 Å². The monoisotopic (exact) mass is 267 g/mol. The molecule has 15 heavy (non-hydrogen) atoms. The van der Waals surface area contributed by atoms with Crippen LogP contribution in [0.3, 0.4) is 0 Å². The molecule has 0 aromatic heterocycles. The zero-order chi connectivity index (χ0) is 10.8. The Balaban J connectivity index is 2.14. The average Bonchev–Trinajstić information content (AvgIpc) is 2.66. The van der Waals surface area contributed by atoms with Crippen molar-refractivity contribution in [3.63, 3.8) is 0 Å². The highest BCUT2D eigenvalue weighted by Crippen LogP contribution is 2.23. The van der Waals surface area contributed by atoms with Gasteiger partial charge >= 0.3 is 0 Å². The van der Waals surface area contributed by atoms with Crippen LogP contribution in [0.25, 0.3) is 0 Å². The summed E-state index contributed by atoms with van der Waals surface area (Å²) in [6.07, 6.45) is 2.74. The van der Waals surface area contributed by atoms with E-state index in [-0.39, 0.29) is 0 Å². The van der Waals surface area contributed by atoms with Gasteiger partial charge in [0, 0.05) is 11.0 Å². The van der Waals surface area contributed by atoms with Gasteiger partial charge in [0.15, 0.2) is 0 Å². The molecule has 1 heterocycles. The van der Waals surface area contributed by atoms with E-state index in [2.05, 4.69) is 46.8 Å². The Morgan fingerprint density at radius 3 is 2.20 bits per heavy atom. The molecule has 0 N–H and O–H groups in total. The molecule has 1 aliphatic heterocycles. The lowest BCUT2D eigenvalue weighted by Crippen LogP contribution is -2.18. The van der Waals surface area contributed by atoms with Gasteiger partial charge in [-0.1, -0.05) is 28.1 Å². The van der Waals surface area contributed by atoms with Gasteiger partial charge in [-0.15, -0.1) is 0 Å². The van der Waals surface area contributed by atoms with Gasteiger partial charge in [-0.3, -0.25) is 4.90 Å². The van der Waals surface area contributed by atoms with E-state index in [1.165, 1.54) is 47.1 Å². The van der Waals surface area contributed by atoms with Gasteiger partial charge in [-0.2, -0.15) is 0 Å². The van der Waals surface area contributed by atoms with E-state index in [0.717, 1.165) is 6.54 Å². The minimum absolute atomic E-state index is 1.12. The molecule has 0 amide bonds. The molecule has 2 rings (SSSR count). The molecule has 0 unspecified atom stereocenters. The van der Waals surface area contributed by atoms with Crippen LogP contribution in [0.5, 0.6) is 0 Å². The van der Waals surface area contributed by atoms with E-state index in [9.17, 15) is 0 Å². The van der Waals surface area contributed by atoms with Crippen LogP contribution >= 0.6 is 15.9 Å². The van der Waals surface area contributed by atoms with Crippen LogP contribution in [-0.4, -0.2) is 18.0 Å². The molecule has 1 fully saturated rings. The SMILES string of the molecule is Cc1cc(CN2CCCC2)cc(C)c1Br. The third-order valence-corrected chi connectivity index (χ3v) is 4.35. The molecule has 1 saturated heterocycles. The first-order valence-corrected chi connectivity index (χ1v) is 6.44. The van der Waals surface area contributed by atoms with Crippen molar-refractivity contribution in [3.05, 3.63) is 33.3 Å². The predicted molar refractivity (Wildman–Crippen MR) is 68.1 cm³/mol. The van der Waals surface area contributed by atoms with E-state index in [4.69, 9.17) is 0 Å². The zero-order valence-electron chi connectivity index (χ0n) is 9.52. The number of hydrogen-bond donors (Lipinski definition) is 0. The fourth-order valence-electron chi connectivity index (χ4n) is 2.33. The molecule has 82 valence electrons. The zero-order valence-corrected chi connectivity index (χ0v) is 11.1. The lowest BCUT2D eigenvalue weighted by Gasteiger charge is -2.16. The Bertz CT molecular complexity index is 331. The second-order valence-corrected chi connectivity index (χ2v) is 5.32. The number of rotatable bonds is 2. The number of halogens is 1. The fraction of sp³-hybridized carbons (Fsp3) is 0.538. The summed E-state index contributed by atoms with van der Waals surface area (Å²) in [5.41, 5.74) is 4.16. The van der Waals surface area contributed by atoms with Crippen molar-refractivity contribution < 1.29 is 0 Å². The Morgan fingerprint density at radius 2 is 1.67 bits per heavy atom. The van der Waals surface area contributed by atoms with Crippen molar-refractivity contribution in [2.75, 3.05) is 13.1 Å². The maximum absolute atomic E-state index is 3.61. The lowest BCUT2D eigenvalue weighted by molar-refractivity contribution is 0.331. The van der Waals surface area contributed by atoms with Crippen molar-refractivity contribution in [1.29, 1.82) is 0 Å². The molecule has 1 aliphatic rings. The van der Waals surface area contributed by atoms with Crippen LogP contribution in [0.2, 0.25) is 0 Å². The normalized spacial score (nSPS) is 17.3. The first kappa shape index (κ1) is 11.2. The first-order chi connectivity index (χ1) is 7.16. The summed E-state index contributed by atoms with van der Waals surface area (Å²) in [6.45, 7) is 8.01. The van der Waals surface area contributed by atoms with E-state index in [1.54, 1.807) is 0 Å². The fourth-order valence-corrected chi connectivity index (χ4v) is 2.55. The van der Waals surface area contributed by atoms with Crippen molar-refractivity contribution >= 4 is 15.9 Å². The van der Waals surface area contributed by atoms with Gasteiger partial charge < -0.3 is 0 Å². The molecule has 1 aromatic carbocycles. The summed E-state index contributed by atoms with van der Waals surface area (Å²) in [4.78, 5) is 2.54. The van der Waals surface area contributed by atoms with Crippen molar-refractivity contribution in [1.82, 2.24) is 4.90 Å². The highest BCUT2D eigenvalue weighted by molar-refractivity contribution is 9.10. The molecule has 0 atom stereocenters. The van der Waals surface area contributed by atoms with Gasteiger partial charge in [0.25, 0.3) is 0 Å². The maximum atomic E-state index is 3.61. The van der Waals surface area contributed by atoms with Crippen LogP contribution in [0.4, 0.5) is 0 Å². The predicted octanol–water partition coefficient (Wildman–Crippen LogP) is 3.66. The second-order valence-electron chi connectivity index (χ2n) is 4.53. The van der Waals surface area contributed by atoms with Crippen LogP contribution in [-0.2, 0) is 6.54 Å². The molecular weight excluding hydrogens is 250 g/mol. The van der Waals surface area contributed by atoms with E-state index in [1.807, 2.05) is 0 Å². The van der Waals surface area contributed by atoms with Crippen LogP contribution < -0.4 is 0 Å². The number of benzene rings is 1. The third kappa shape index (κ3) is 2.61. The highest BCUT2D eigenvalue weighted by Gasteiger charge is 2.12.